The molecule has 0 aliphatic rings. The average molecular weight is 312 g/mol. The number of hydrogen-bond acceptors (Lipinski definition) is 0. The maximum atomic E-state index is 2.81. The van der Waals surface area contributed by atoms with Crippen molar-refractivity contribution < 1.29 is 0 Å². The van der Waals surface area contributed by atoms with Crippen molar-refractivity contribution in [3.63, 3.8) is 0 Å². The van der Waals surface area contributed by atoms with E-state index in [2.05, 4.69) is 64.7 Å². The molecular formula is C21H29P. The Bertz CT molecular complexity index is 473. The highest BCUT2D eigenvalue weighted by atomic mass is 31.0. The second-order valence-electron chi connectivity index (χ2n) is 6.10. The van der Waals surface area contributed by atoms with Gasteiger partial charge in [-0.2, -0.15) is 0 Å². The molecule has 118 valence electrons. The van der Waals surface area contributed by atoms with Crippen LogP contribution in [0.4, 0.5) is 0 Å². The first-order valence-electron chi connectivity index (χ1n) is 8.72. The van der Waals surface area contributed by atoms with Gasteiger partial charge in [-0.3, -0.25) is 0 Å². The van der Waals surface area contributed by atoms with Crippen molar-refractivity contribution in [3.05, 3.63) is 59.7 Å². The van der Waals surface area contributed by atoms with E-state index < -0.39 is 0 Å². The van der Waals surface area contributed by atoms with E-state index in [1.165, 1.54) is 73.4 Å². The Morgan fingerprint density at radius 3 is 1.50 bits per heavy atom. The van der Waals surface area contributed by atoms with Crippen molar-refractivity contribution >= 4 is 9.24 Å². The van der Waals surface area contributed by atoms with Crippen LogP contribution >= 0.6 is 9.24 Å². The molecule has 0 aliphatic heterocycles. The maximum absolute atomic E-state index is 2.81. The van der Waals surface area contributed by atoms with Gasteiger partial charge in [-0.1, -0.05) is 68.3 Å². The van der Waals surface area contributed by atoms with Gasteiger partial charge in [0, 0.05) is 0 Å². The third kappa shape index (κ3) is 5.58. The molecule has 1 heteroatoms. The summed E-state index contributed by atoms with van der Waals surface area (Å²) in [5, 5.41) is 0. The first kappa shape index (κ1) is 17.2. The SMILES string of the molecule is CCCCCc1ccc(-c2ccc(CCCCP)cc2)cc1. The molecule has 1 unspecified atom stereocenters. The molecule has 2 aromatic carbocycles. The van der Waals surface area contributed by atoms with E-state index in [0.29, 0.717) is 0 Å². The lowest BCUT2D eigenvalue weighted by molar-refractivity contribution is 0.717. The summed E-state index contributed by atoms with van der Waals surface area (Å²) in [7, 11) is 2.81. The first-order valence-corrected chi connectivity index (χ1v) is 9.53. The highest BCUT2D eigenvalue weighted by Crippen LogP contribution is 2.21. The molecule has 0 fully saturated rings. The molecule has 0 N–H and O–H groups in total. The standard InChI is InChI=1S/C21H29P/c1-2-3-4-7-18-9-13-20(14-10-18)21-15-11-19(12-16-21)8-5-6-17-22/h9-16H,2-8,17,22H2,1H3. The van der Waals surface area contributed by atoms with Crippen LogP contribution in [0.25, 0.3) is 11.1 Å². The zero-order chi connectivity index (χ0) is 15.6. The van der Waals surface area contributed by atoms with Crippen LogP contribution in [-0.4, -0.2) is 6.16 Å². The maximum Gasteiger partial charge on any atom is -0.0184 e. The Balaban J connectivity index is 1.93. The molecule has 0 bridgehead atoms. The summed E-state index contributed by atoms with van der Waals surface area (Å²) < 4.78 is 0. The minimum Gasteiger partial charge on any atom is -0.138 e. The largest absolute Gasteiger partial charge is 0.138 e. The number of aryl methyl sites for hydroxylation is 2. The fraction of sp³-hybridized carbons (Fsp3) is 0.429. The van der Waals surface area contributed by atoms with Crippen molar-refractivity contribution in [1.82, 2.24) is 0 Å². The number of unbranched alkanes of at least 4 members (excludes halogenated alkanes) is 3. The summed E-state index contributed by atoms with van der Waals surface area (Å²) in [4.78, 5) is 0. The number of benzene rings is 2. The number of rotatable bonds is 9. The molecule has 0 spiro atoms. The van der Waals surface area contributed by atoms with Crippen LogP contribution in [0.5, 0.6) is 0 Å². The predicted octanol–water partition coefficient (Wildman–Crippen LogP) is 6.28. The summed E-state index contributed by atoms with van der Waals surface area (Å²) in [6, 6.07) is 18.2. The summed E-state index contributed by atoms with van der Waals surface area (Å²) in [6.07, 6.45) is 10.1. The minimum atomic E-state index is 1.20. The molecule has 1 atom stereocenters. The van der Waals surface area contributed by atoms with Crippen LogP contribution in [0.2, 0.25) is 0 Å². The van der Waals surface area contributed by atoms with Crippen molar-refractivity contribution in [1.29, 1.82) is 0 Å². The molecule has 0 saturated heterocycles. The lowest BCUT2D eigenvalue weighted by atomic mass is 9.99. The van der Waals surface area contributed by atoms with Gasteiger partial charge in [0.2, 0.25) is 0 Å². The van der Waals surface area contributed by atoms with Crippen LogP contribution < -0.4 is 0 Å². The fourth-order valence-corrected chi connectivity index (χ4v) is 3.07. The summed E-state index contributed by atoms with van der Waals surface area (Å²) in [6.45, 7) is 2.26. The Morgan fingerprint density at radius 2 is 1.09 bits per heavy atom. The summed E-state index contributed by atoms with van der Waals surface area (Å²) in [5.74, 6) is 0. The van der Waals surface area contributed by atoms with E-state index in [1.54, 1.807) is 0 Å². The smallest absolute Gasteiger partial charge is 0.0184 e. The molecule has 2 rings (SSSR count). The van der Waals surface area contributed by atoms with Gasteiger partial charge in [0.25, 0.3) is 0 Å². The molecule has 0 aliphatic carbocycles. The Kier molecular flexibility index (Phi) is 7.67. The highest BCUT2D eigenvalue weighted by Gasteiger charge is 2.00. The molecule has 22 heavy (non-hydrogen) atoms. The fourth-order valence-electron chi connectivity index (χ4n) is 2.78. The van der Waals surface area contributed by atoms with Gasteiger partial charge in [0.05, 0.1) is 0 Å². The van der Waals surface area contributed by atoms with E-state index in [0.717, 1.165) is 0 Å². The Hall–Kier alpha value is -1.13. The molecular weight excluding hydrogens is 283 g/mol. The third-order valence-electron chi connectivity index (χ3n) is 4.23. The van der Waals surface area contributed by atoms with Crippen molar-refractivity contribution in [2.24, 2.45) is 0 Å². The average Bonchev–Trinajstić information content (AvgIpc) is 2.57. The van der Waals surface area contributed by atoms with Gasteiger partial charge in [-0.25, -0.2) is 0 Å². The zero-order valence-electron chi connectivity index (χ0n) is 13.9. The normalized spacial score (nSPS) is 10.8. The zero-order valence-corrected chi connectivity index (χ0v) is 15.0. The molecule has 2 aromatic rings. The lowest BCUT2D eigenvalue weighted by Crippen LogP contribution is -1.88. The molecule has 0 heterocycles. The molecule has 0 aromatic heterocycles. The summed E-state index contributed by atoms with van der Waals surface area (Å²) in [5.41, 5.74) is 5.58. The second kappa shape index (κ2) is 9.80. The molecule has 0 radical (unpaired) electrons. The van der Waals surface area contributed by atoms with Gasteiger partial charge >= 0.3 is 0 Å². The molecule has 0 amide bonds. The van der Waals surface area contributed by atoms with Crippen LogP contribution in [0.3, 0.4) is 0 Å². The van der Waals surface area contributed by atoms with Crippen molar-refractivity contribution in [3.8, 4) is 11.1 Å². The van der Waals surface area contributed by atoms with E-state index in [1.807, 2.05) is 0 Å². The van der Waals surface area contributed by atoms with Gasteiger partial charge in [-0.05, 0) is 60.5 Å². The quantitative estimate of drug-likeness (QED) is 0.377. The van der Waals surface area contributed by atoms with Crippen LogP contribution in [0.1, 0.15) is 50.2 Å². The lowest BCUT2D eigenvalue weighted by Gasteiger charge is -2.06. The van der Waals surface area contributed by atoms with Crippen LogP contribution in [0.15, 0.2) is 48.5 Å². The monoisotopic (exact) mass is 312 g/mol. The van der Waals surface area contributed by atoms with E-state index in [4.69, 9.17) is 0 Å². The highest BCUT2D eigenvalue weighted by molar-refractivity contribution is 7.16. The number of hydrogen-bond donors (Lipinski definition) is 0. The van der Waals surface area contributed by atoms with Crippen LogP contribution in [0, 0.1) is 0 Å². The molecule has 0 nitrogen and oxygen atoms in total. The van der Waals surface area contributed by atoms with Gasteiger partial charge < -0.3 is 0 Å². The second-order valence-corrected chi connectivity index (χ2v) is 6.67. The van der Waals surface area contributed by atoms with Gasteiger partial charge in [-0.15, -0.1) is 9.24 Å². The third-order valence-corrected chi connectivity index (χ3v) is 4.64. The minimum absolute atomic E-state index is 1.20. The first-order chi connectivity index (χ1) is 10.8. The molecule has 0 saturated carbocycles. The van der Waals surface area contributed by atoms with Gasteiger partial charge in [0.15, 0.2) is 0 Å². The van der Waals surface area contributed by atoms with E-state index in [-0.39, 0.29) is 0 Å². The Morgan fingerprint density at radius 1 is 0.636 bits per heavy atom. The van der Waals surface area contributed by atoms with Crippen molar-refractivity contribution in [2.75, 3.05) is 6.16 Å². The van der Waals surface area contributed by atoms with Gasteiger partial charge in [0.1, 0.15) is 0 Å². The predicted molar refractivity (Wildman–Crippen MR) is 103 cm³/mol. The van der Waals surface area contributed by atoms with Crippen molar-refractivity contribution in [2.45, 2.75) is 51.9 Å². The van der Waals surface area contributed by atoms with E-state index in [9.17, 15) is 0 Å². The van der Waals surface area contributed by atoms with E-state index >= 15 is 0 Å². The Labute approximate surface area is 138 Å². The topological polar surface area (TPSA) is 0 Å². The summed E-state index contributed by atoms with van der Waals surface area (Å²) >= 11 is 0. The van der Waals surface area contributed by atoms with Crippen LogP contribution in [-0.2, 0) is 12.8 Å².